The standard InChI is InChI=1S/C9H8ClF3.C2H6/c1-2-6-7(9(11,12)13)4-3-5-8(6)10;1-2/h3-5H,2H2,1H3;1-2H3. The molecule has 4 heteroatoms. The van der Waals surface area contributed by atoms with Crippen molar-refractivity contribution in [3.05, 3.63) is 34.3 Å². The smallest absolute Gasteiger partial charge is 0.166 e. The Labute approximate surface area is 93.1 Å². The third-order valence-electron chi connectivity index (χ3n) is 1.78. The Morgan fingerprint density at radius 2 is 1.73 bits per heavy atom. The normalized spacial score (nSPS) is 10.6. The molecule has 0 atom stereocenters. The first-order valence-corrected chi connectivity index (χ1v) is 5.19. The number of benzene rings is 1. The predicted molar refractivity (Wildman–Crippen MR) is 57.2 cm³/mol. The molecule has 15 heavy (non-hydrogen) atoms. The largest absolute Gasteiger partial charge is 0.416 e. The van der Waals surface area contributed by atoms with E-state index in [2.05, 4.69) is 0 Å². The fourth-order valence-corrected chi connectivity index (χ4v) is 1.49. The van der Waals surface area contributed by atoms with Gasteiger partial charge in [-0.25, -0.2) is 0 Å². The molecule has 0 saturated heterocycles. The van der Waals surface area contributed by atoms with E-state index in [1.54, 1.807) is 6.92 Å². The summed E-state index contributed by atoms with van der Waals surface area (Å²) in [5, 5.41) is 0.178. The monoisotopic (exact) mass is 238 g/mol. The van der Waals surface area contributed by atoms with Gasteiger partial charge in [0, 0.05) is 5.02 Å². The Kier molecular flexibility index (Phi) is 5.73. The zero-order valence-corrected chi connectivity index (χ0v) is 9.71. The van der Waals surface area contributed by atoms with Gasteiger partial charge in [0.05, 0.1) is 5.56 Å². The van der Waals surface area contributed by atoms with Crippen LogP contribution in [0.5, 0.6) is 0 Å². The summed E-state index contributed by atoms with van der Waals surface area (Å²) in [4.78, 5) is 0. The highest BCUT2D eigenvalue weighted by atomic mass is 35.5. The Bertz CT molecular complexity index is 305. The van der Waals surface area contributed by atoms with Gasteiger partial charge >= 0.3 is 6.18 Å². The van der Waals surface area contributed by atoms with Crippen LogP contribution >= 0.6 is 11.6 Å². The molecule has 0 radical (unpaired) electrons. The van der Waals surface area contributed by atoms with Crippen molar-refractivity contribution in [3.63, 3.8) is 0 Å². The highest BCUT2D eigenvalue weighted by Gasteiger charge is 2.33. The zero-order valence-electron chi connectivity index (χ0n) is 8.95. The van der Waals surface area contributed by atoms with Gasteiger partial charge in [-0.2, -0.15) is 13.2 Å². The molecule has 0 fully saturated rings. The van der Waals surface area contributed by atoms with E-state index in [1.807, 2.05) is 13.8 Å². The van der Waals surface area contributed by atoms with E-state index in [-0.39, 0.29) is 17.0 Å². The van der Waals surface area contributed by atoms with Crippen molar-refractivity contribution >= 4 is 11.6 Å². The number of rotatable bonds is 1. The summed E-state index contributed by atoms with van der Waals surface area (Å²) < 4.78 is 37.1. The van der Waals surface area contributed by atoms with Gasteiger partial charge in [-0.05, 0) is 24.1 Å². The van der Waals surface area contributed by atoms with Crippen LogP contribution in [0, 0.1) is 0 Å². The molecule has 0 aliphatic rings. The minimum atomic E-state index is -4.31. The van der Waals surface area contributed by atoms with Crippen molar-refractivity contribution in [2.75, 3.05) is 0 Å². The molecule has 0 amide bonds. The van der Waals surface area contributed by atoms with E-state index in [1.165, 1.54) is 12.1 Å². The van der Waals surface area contributed by atoms with Crippen LogP contribution in [0.25, 0.3) is 0 Å². The summed E-state index contributed by atoms with van der Waals surface area (Å²) in [7, 11) is 0. The van der Waals surface area contributed by atoms with Crippen LogP contribution in [-0.2, 0) is 12.6 Å². The maximum atomic E-state index is 12.4. The summed E-state index contributed by atoms with van der Waals surface area (Å²) >= 11 is 5.64. The molecule has 0 nitrogen and oxygen atoms in total. The topological polar surface area (TPSA) is 0 Å². The van der Waals surface area contributed by atoms with Gasteiger partial charge in [-0.15, -0.1) is 0 Å². The maximum absolute atomic E-state index is 12.4. The van der Waals surface area contributed by atoms with Crippen molar-refractivity contribution in [2.45, 2.75) is 33.4 Å². The van der Waals surface area contributed by atoms with Crippen LogP contribution in [0.3, 0.4) is 0 Å². The minimum Gasteiger partial charge on any atom is -0.166 e. The molecule has 0 unspecified atom stereocenters. The van der Waals surface area contributed by atoms with Crippen LogP contribution in [0.1, 0.15) is 31.9 Å². The molecule has 0 spiro atoms. The SMILES string of the molecule is CC.CCc1c(Cl)cccc1C(F)(F)F. The molecule has 86 valence electrons. The lowest BCUT2D eigenvalue weighted by Crippen LogP contribution is -2.08. The maximum Gasteiger partial charge on any atom is 0.416 e. The molecule has 1 rings (SSSR count). The van der Waals surface area contributed by atoms with E-state index < -0.39 is 11.7 Å². The molecule has 0 heterocycles. The van der Waals surface area contributed by atoms with Gasteiger partial charge in [-0.3, -0.25) is 0 Å². The van der Waals surface area contributed by atoms with Gasteiger partial charge in [0.2, 0.25) is 0 Å². The fraction of sp³-hybridized carbons (Fsp3) is 0.455. The first kappa shape index (κ1) is 14.3. The molecular weight excluding hydrogens is 225 g/mol. The highest BCUT2D eigenvalue weighted by molar-refractivity contribution is 6.31. The first-order chi connectivity index (χ1) is 6.96. The second-order valence-electron chi connectivity index (χ2n) is 2.62. The second kappa shape index (κ2) is 6.01. The van der Waals surface area contributed by atoms with E-state index in [0.717, 1.165) is 6.07 Å². The Hall–Kier alpha value is -0.700. The van der Waals surface area contributed by atoms with Crippen molar-refractivity contribution in [1.29, 1.82) is 0 Å². The zero-order chi connectivity index (χ0) is 12.1. The average molecular weight is 239 g/mol. The molecule has 0 aromatic heterocycles. The van der Waals surface area contributed by atoms with Crippen molar-refractivity contribution in [1.82, 2.24) is 0 Å². The van der Waals surface area contributed by atoms with Crippen molar-refractivity contribution < 1.29 is 13.2 Å². The molecule has 0 aliphatic heterocycles. The Morgan fingerprint density at radius 1 is 1.20 bits per heavy atom. The molecule has 0 bridgehead atoms. The van der Waals surface area contributed by atoms with Crippen LogP contribution < -0.4 is 0 Å². The molecular formula is C11H14ClF3. The van der Waals surface area contributed by atoms with Gasteiger partial charge in [0.1, 0.15) is 0 Å². The Morgan fingerprint density at radius 3 is 2.07 bits per heavy atom. The summed E-state index contributed by atoms with van der Waals surface area (Å²) in [6, 6.07) is 3.82. The molecule has 0 N–H and O–H groups in total. The summed E-state index contributed by atoms with van der Waals surface area (Å²) in [5.41, 5.74) is -0.473. The predicted octanol–water partition coefficient (Wildman–Crippen LogP) is 4.95. The van der Waals surface area contributed by atoms with E-state index >= 15 is 0 Å². The summed E-state index contributed by atoms with van der Waals surface area (Å²) in [6.07, 6.45) is -4.02. The second-order valence-corrected chi connectivity index (χ2v) is 3.02. The van der Waals surface area contributed by atoms with Crippen LogP contribution in [-0.4, -0.2) is 0 Å². The molecule has 1 aromatic carbocycles. The highest BCUT2D eigenvalue weighted by Crippen LogP contribution is 2.34. The lowest BCUT2D eigenvalue weighted by Gasteiger charge is -2.12. The van der Waals surface area contributed by atoms with E-state index in [9.17, 15) is 13.2 Å². The number of hydrogen-bond donors (Lipinski definition) is 0. The third-order valence-corrected chi connectivity index (χ3v) is 2.13. The van der Waals surface area contributed by atoms with Crippen molar-refractivity contribution in [2.24, 2.45) is 0 Å². The minimum absolute atomic E-state index is 0.164. The average Bonchev–Trinajstić information content (AvgIpc) is 2.19. The van der Waals surface area contributed by atoms with E-state index in [0.29, 0.717) is 0 Å². The summed E-state index contributed by atoms with van der Waals surface area (Å²) in [6.45, 7) is 5.65. The van der Waals surface area contributed by atoms with E-state index in [4.69, 9.17) is 11.6 Å². The molecule has 1 aromatic rings. The molecule has 0 saturated carbocycles. The lowest BCUT2D eigenvalue weighted by atomic mass is 10.1. The first-order valence-electron chi connectivity index (χ1n) is 4.81. The number of halogens is 4. The fourth-order valence-electron chi connectivity index (χ4n) is 1.18. The van der Waals surface area contributed by atoms with Crippen LogP contribution in [0.2, 0.25) is 5.02 Å². The third kappa shape index (κ3) is 3.74. The number of hydrogen-bond acceptors (Lipinski definition) is 0. The Balaban J connectivity index is 0.000000921. The van der Waals surface area contributed by atoms with Crippen molar-refractivity contribution in [3.8, 4) is 0 Å². The van der Waals surface area contributed by atoms with Gasteiger partial charge in [0.15, 0.2) is 0 Å². The quantitative estimate of drug-likeness (QED) is 0.650. The van der Waals surface area contributed by atoms with Gasteiger partial charge in [-0.1, -0.05) is 38.4 Å². The van der Waals surface area contributed by atoms with Crippen LogP contribution in [0.4, 0.5) is 13.2 Å². The summed E-state index contributed by atoms with van der Waals surface area (Å²) in [5.74, 6) is 0. The molecule has 0 aliphatic carbocycles. The van der Waals surface area contributed by atoms with Crippen LogP contribution in [0.15, 0.2) is 18.2 Å². The van der Waals surface area contributed by atoms with Gasteiger partial charge in [0.25, 0.3) is 0 Å². The number of alkyl halides is 3. The van der Waals surface area contributed by atoms with Gasteiger partial charge < -0.3 is 0 Å². The lowest BCUT2D eigenvalue weighted by molar-refractivity contribution is -0.138.